The van der Waals surface area contributed by atoms with Crippen LogP contribution in [0.3, 0.4) is 0 Å². The highest BCUT2D eigenvalue weighted by Gasteiger charge is 2.14. The van der Waals surface area contributed by atoms with Crippen LogP contribution in [0.4, 0.5) is 0 Å². The number of H-pyrrole nitrogens is 1. The third-order valence-corrected chi connectivity index (χ3v) is 4.11. The molecule has 1 heterocycles. The van der Waals surface area contributed by atoms with Gasteiger partial charge in [-0.2, -0.15) is 0 Å². The minimum atomic E-state index is -0.444. The summed E-state index contributed by atoms with van der Waals surface area (Å²) in [5.74, 6) is -0.117. The Kier molecular flexibility index (Phi) is 4.84. The standard InChI is InChI=1S/C20H19NO4/c1-3-13-6-5-9-16-17(11-21-19(13)16)18(22)12-25-15-8-4-7-14(10-15)20(23)24-2/h4-11,21H,3,12H2,1-2H3. The number of aromatic nitrogens is 1. The Labute approximate surface area is 145 Å². The second-order valence-corrected chi connectivity index (χ2v) is 5.63. The zero-order chi connectivity index (χ0) is 17.8. The summed E-state index contributed by atoms with van der Waals surface area (Å²) in [6.45, 7) is 1.97. The minimum absolute atomic E-state index is 0.103. The smallest absolute Gasteiger partial charge is 0.337 e. The van der Waals surface area contributed by atoms with Gasteiger partial charge >= 0.3 is 5.97 Å². The lowest BCUT2D eigenvalue weighted by molar-refractivity contribution is 0.0600. The maximum atomic E-state index is 12.5. The van der Waals surface area contributed by atoms with Crippen LogP contribution in [-0.4, -0.2) is 30.5 Å². The van der Waals surface area contributed by atoms with Crippen molar-refractivity contribution in [3.8, 4) is 5.75 Å². The van der Waals surface area contributed by atoms with E-state index in [-0.39, 0.29) is 12.4 Å². The molecule has 5 heteroatoms. The molecular formula is C20H19NO4. The summed E-state index contributed by atoms with van der Waals surface area (Å²) < 4.78 is 10.2. The fourth-order valence-corrected chi connectivity index (χ4v) is 2.80. The van der Waals surface area contributed by atoms with Crippen molar-refractivity contribution in [2.75, 3.05) is 13.7 Å². The number of aryl methyl sites for hydroxylation is 1. The van der Waals surface area contributed by atoms with Crippen molar-refractivity contribution >= 4 is 22.7 Å². The number of hydrogen-bond donors (Lipinski definition) is 1. The molecule has 0 saturated heterocycles. The van der Waals surface area contributed by atoms with Gasteiger partial charge in [-0.1, -0.05) is 31.2 Å². The lowest BCUT2D eigenvalue weighted by Gasteiger charge is -2.07. The first-order valence-corrected chi connectivity index (χ1v) is 8.07. The number of methoxy groups -OCH3 is 1. The molecule has 1 N–H and O–H groups in total. The molecule has 0 atom stereocenters. The minimum Gasteiger partial charge on any atom is -0.485 e. The van der Waals surface area contributed by atoms with Crippen molar-refractivity contribution in [1.82, 2.24) is 4.98 Å². The Morgan fingerprint density at radius 2 is 1.92 bits per heavy atom. The fraction of sp³-hybridized carbons (Fsp3) is 0.200. The number of nitrogens with one attached hydrogen (secondary N) is 1. The van der Waals surface area contributed by atoms with Crippen LogP contribution < -0.4 is 4.74 Å². The second kappa shape index (κ2) is 7.21. The van der Waals surface area contributed by atoms with Crippen molar-refractivity contribution in [1.29, 1.82) is 0 Å². The first-order chi connectivity index (χ1) is 12.1. The van der Waals surface area contributed by atoms with E-state index in [2.05, 4.69) is 16.6 Å². The number of fused-ring (bicyclic) bond motifs is 1. The molecule has 0 radical (unpaired) electrons. The lowest BCUT2D eigenvalue weighted by atomic mass is 10.1. The number of hydrogen-bond acceptors (Lipinski definition) is 4. The van der Waals surface area contributed by atoms with Crippen LogP contribution in [0.15, 0.2) is 48.7 Å². The molecule has 25 heavy (non-hydrogen) atoms. The third-order valence-electron chi connectivity index (χ3n) is 4.11. The maximum absolute atomic E-state index is 12.5. The molecular weight excluding hydrogens is 318 g/mol. The van der Waals surface area contributed by atoms with Crippen molar-refractivity contribution in [2.45, 2.75) is 13.3 Å². The topological polar surface area (TPSA) is 68.4 Å². The molecule has 0 aliphatic carbocycles. The monoisotopic (exact) mass is 337 g/mol. The zero-order valence-corrected chi connectivity index (χ0v) is 14.2. The van der Waals surface area contributed by atoms with E-state index >= 15 is 0 Å². The Morgan fingerprint density at radius 3 is 2.68 bits per heavy atom. The van der Waals surface area contributed by atoms with Gasteiger partial charge in [-0.3, -0.25) is 4.79 Å². The van der Waals surface area contributed by atoms with Gasteiger partial charge in [-0.15, -0.1) is 0 Å². The van der Waals surface area contributed by atoms with E-state index in [0.717, 1.165) is 17.3 Å². The summed E-state index contributed by atoms with van der Waals surface area (Å²) in [4.78, 5) is 27.3. The van der Waals surface area contributed by atoms with Crippen molar-refractivity contribution in [3.05, 3.63) is 65.4 Å². The highest BCUT2D eigenvalue weighted by atomic mass is 16.5. The van der Waals surface area contributed by atoms with E-state index in [1.807, 2.05) is 18.2 Å². The fourth-order valence-electron chi connectivity index (χ4n) is 2.80. The van der Waals surface area contributed by atoms with E-state index in [9.17, 15) is 9.59 Å². The van der Waals surface area contributed by atoms with Gasteiger partial charge in [-0.05, 0) is 30.2 Å². The van der Waals surface area contributed by atoms with Crippen molar-refractivity contribution in [3.63, 3.8) is 0 Å². The van der Waals surface area contributed by atoms with Crippen LogP contribution in [0, 0.1) is 0 Å². The van der Waals surface area contributed by atoms with Crippen LogP contribution in [0.1, 0.15) is 33.2 Å². The first kappa shape index (κ1) is 16.8. The Morgan fingerprint density at radius 1 is 1.12 bits per heavy atom. The largest absolute Gasteiger partial charge is 0.485 e. The van der Waals surface area contributed by atoms with Gasteiger partial charge in [-0.25, -0.2) is 4.79 Å². The van der Waals surface area contributed by atoms with E-state index in [1.54, 1.807) is 30.5 Å². The number of para-hydroxylation sites is 1. The molecule has 0 spiro atoms. The predicted octanol–water partition coefficient (Wildman–Crippen LogP) is 3.78. The van der Waals surface area contributed by atoms with E-state index in [4.69, 9.17) is 4.74 Å². The van der Waals surface area contributed by atoms with Crippen LogP contribution in [0.25, 0.3) is 10.9 Å². The molecule has 5 nitrogen and oxygen atoms in total. The quantitative estimate of drug-likeness (QED) is 0.549. The number of ether oxygens (including phenoxy) is 2. The Bertz CT molecular complexity index is 926. The van der Waals surface area contributed by atoms with Gasteiger partial charge in [0.2, 0.25) is 5.78 Å². The summed E-state index contributed by atoms with van der Waals surface area (Å²) in [5, 5.41) is 0.899. The van der Waals surface area contributed by atoms with E-state index in [0.29, 0.717) is 16.9 Å². The van der Waals surface area contributed by atoms with Gasteiger partial charge in [0.15, 0.2) is 6.61 Å². The molecule has 3 rings (SSSR count). The SMILES string of the molecule is CCc1cccc2c(C(=O)COc3cccc(C(=O)OC)c3)c[nH]c12. The third kappa shape index (κ3) is 3.40. The highest BCUT2D eigenvalue weighted by molar-refractivity contribution is 6.09. The summed E-state index contributed by atoms with van der Waals surface area (Å²) in [5.41, 5.74) is 3.14. The molecule has 0 bridgehead atoms. The van der Waals surface area contributed by atoms with Crippen LogP contribution in [-0.2, 0) is 11.2 Å². The van der Waals surface area contributed by atoms with E-state index < -0.39 is 5.97 Å². The summed E-state index contributed by atoms with van der Waals surface area (Å²) in [6.07, 6.45) is 2.61. The molecule has 128 valence electrons. The van der Waals surface area contributed by atoms with Crippen LogP contribution in [0.5, 0.6) is 5.75 Å². The number of benzene rings is 2. The normalized spacial score (nSPS) is 10.6. The molecule has 0 fully saturated rings. The molecule has 1 aromatic heterocycles. The van der Waals surface area contributed by atoms with Crippen molar-refractivity contribution in [2.24, 2.45) is 0 Å². The molecule has 0 aliphatic heterocycles. The van der Waals surface area contributed by atoms with Gasteiger partial charge in [0.05, 0.1) is 12.7 Å². The van der Waals surface area contributed by atoms with Gasteiger partial charge < -0.3 is 14.5 Å². The summed E-state index contributed by atoms with van der Waals surface area (Å²) in [6, 6.07) is 12.5. The number of Topliss-reactive ketones (excluding diaryl/α,β-unsaturated/α-hetero) is 1. The average Bonchev–Trinajstić information content (AvgIpc) is 3.10. The molecule has 0 aliphatic rings. The van der Waals surface area contributed by atoms with Gasteiger partial charge in [0, 0.05) is 22.7 Å². The van der Waals surface area contributed by atoms with Crippen LogP contribution in [0.2, 0.25) is 0 Å². The summed E-state index contributed by atoms with van der Waals surface area (Å²) in [7, 11) is 1.32. The zero-order valence-electron chi connectivity index (χ0n) is 14.2. The van der Waals surface area contributed by atoms with Crippen molar-refractivity contribution < 1.29 is 19.1 Å². The van der Waals surface area contributed by atoms with Crippen LogP contribution >= 0.6 is 0 Å². The molecule has 3 aromatic rings. The average molecular weight is 337 g/mol. The molecule has 2 aromatic carbocycles. The molecule has 0 saturated carbocycles. The Balaban J connectivity index is 1.76. The number of carbonyl (C=O) groups excluding carboxylic acids is 2. The van der Waals surface area contributed by atoms with E-state index in [1.165, 1.54) is 12.7 Å². The number of aromatic amines is 1. The number of rotatable bonds is 6. The maximum Gasteiger partial charge on any atom is 0.337 e. The number of ketones is 1. The number of esters is 1. The lowest BCUT2D eigenvalue weighted by Crippen LogP contribution is -2.11. The molecule has 0 unspecified atom stereocenters. The second-order valence-electron chi connectivity index (χ2n) is 5.63. The first-order valence-electron chi connectivity index (χ1n) is 8.07. The molecule has 0 amide bonds. The highest BCUT2D eigenvalue weighted by Crippen LogP contribution is 2.23. The summed E-state index contributed by atoms with van der Waals surface area (Å²) >= 11 is 0. The predicted molar refractivity (Wildman–Crippen MR) is 95.3 cm³/mol. The van der Waals surface area contributed by atoms with Gasteiger partial charge in [0.25, 0.3) is 0 Å². The van der Waals surface area contributed by atoms with Gasteiger partial charge in [0.1, 0.15) is 5.75 Å². The Hall–Kier alpha value is -3.08. The number of carbonyl (C=O) groups is 2.